The number of amides is 1. The summed E-state index contributed by atoms with van der Waals surface area (Å²) in [5, 5.41) is 3.32. The first-order chi connectivity index (χ1) is 9.97. The third kappa shape index (κ3) is 4.12. The highest BCUT2D eigenvalue weighted by Crippen LogP contribution is 2.29. The number of anilines is 2. The van der Waals surface area contributed by atoms with Gasteiger partial charge in [0, 0.05) is 5.02 Å². The van der Waals surface area contributed by atoms with Gasteiger partial charge in [0.25, 0.3) is 5.91 Å². The van der Waals surface area contributed by atoms with Crippen LogP contribution in [0.4, 0.5) is 11.4 Å². The summed E-state index contributed by atoms with van der Waals surface area (Å²) in [4.78, 5) is 12.1. The van der Waals surface area contributed by atoms with E-state index in [4.69, 9.17) is 22.1 Å². The molecule has 0 saturated carbocycles. The number of hydrogen-bond donors (Lipinski definition) is 2. The summed E-state index contributed by atoms with van der Waals surface area (Å²) >= 11 is 9.20. The van der Waals surface area contributed by atoms with Gasteiger partial charge in [0.2, 0.25) is 0 Å². The van der Waals surface area contributed by atoms with Crippen LogP contribution in [0.1, 0.15) is 6.92 Å². The lowest BCUT2D eigenvalue weighted by Crippen LogP contribution is -2.30. The van der Waals surface area contributed by atoms with Gasteiger partial charge in [0.1, 0.15) is 5.75 Å². The molecule has 2 aromatic carbocycles. The van der Waals surface area contributed by atoms with Crippen molar-refractivity contribution in [1.82, 2.24) is 0 Å². The first kappa shape index (κ1) is 15.7. The Hall–Kier alpha value is -1.72. The second-order valence-electron chi connectivity index (χ2n) is 4.41. The molecule has 0 aliphatic carbocycles. The smallest absolute Gasteiger partial charge is 0.265 e. The van der Waals surface area contributed by atoms with E-state index >= 15 is 0 Å². The van der Waals surface area contributed by atoms with Crippen LogP contribution in [-0.2, 0) is 4.79 Å². The average molecular weight is 370 g/mol. The molecule has 1 amide bonds. The molecule has 3 N–H and O–H groups in total. The molecule has 0 spiro atoms. The number of carbonyl (C=O) groups is 1. The summed E-state index contributed by atoms with van der Waals surface area (Å²) in [6, 6.07) is 12.2. The number of rotatable bonds is 4. The Balaban J connectivity index is 2.04. The standard InChI is InChI=1S/C15H14BrClN2O2/c1-9(21-14-7-6-10(17)8-11(14)16)15(20)19-13-5-3-2-4-12(13)18/h2-9H,18H2,1H3,(H,19,20). The van der Waals surface area contributed by atoms with Gasteiger partial charge in [-0.3, -0.25) is 4.79 Å². The fourth-order valence-corrected chi connectivity index (χ4v) is 2.44. The minimum absolute atomic E-state index is 0.283. The Labute approximate surface area is 136 Å². The van der Waals surface area contributed by atoms with Gasteiger partial charge in [-0.05, 0) is 53.2 Å². The van der Waals surface area contributed by atoms with Crippen molar-refractivity contribution in [1.29, 1.82) is 0 Å². The molecule has 0 radical (unpaired) electrons. The highest BCUT2D eigenvalue weighted by molar-refractivity contribution is 9.10. The average Bonchev–Trinajstić information content (AvgIpc) is 2.44. The van der Waals surface area contributed by atoms with Crippen molar-refractivity contribution in [3.05, 3.63) is 52.0 Å². The summed E-state index contributed by atoms with van der Waals surface area (Å²) in [5.74, 6) is 0.262. The molecule has 2 rings (SSSR count). The van der Waals surface area contributed by atoms with Gasteiger partial charge in [-0.25, -0.2) is 0 Å². The highest BCUT2D eigenvalue weighted by Gasteiger charge is 2.17. The molecule has 4 nitrogen and oxygen atoms in total. The zero-order valence-electron chi connectivity index (χ0n) is 11.3. The van der Waals surface area contributed by atoms with Crippen molar-refractivity contribution in [3.63, 3.8) is 0 Å². The van der Waals surface area contributed by atoms with Crippen LogP contribution in [0.2, 0.25) is 5.02 Å². The van der Waals surface area contributed by atoms with Crippen LogP contribution >= 0.6 is 27.5 Å². The number of halogens is 2. The number of benzene rings is 2. The van der Waals surface area contributed by atoms with Crippen molar-refractivity contribution in [3.8, 4) is 5.75 Å². The van der Waals surface area contributed by atoms with Crippen molar-refractivity contribution >= 4 is 44.8 Å². The topological polar surface area (TPSA) is 64.3 Å². The minimum Gasteiger partial charge on any atom is -0.480 e. The maximum Gasteiger partial charge on any atom is 0.265 e. The number of para-hydroxylation sites is 2. The molecule has 0 fully saturated rings. The van der Waals surface area contributed by atoms with Crippen LogP contribution in [0.5, 0.6) is 5.75 Å². The van der Waals surface area contributed by atoms with E-state index in [0.717, 1.165) is 0 Å². The van der Waals surface area contributed by atoms with E-state index < -0.39 is 6.10 Å². The largest absolute Gasteiger partial charge is 0.480 e. The predicted octanol–water partition coefficient (Wildman–Crippen LogP) is 4.09. The van der Waals surface area contributed by atoms with Gasteiger partial charge in [-0.1, -0.05) is 23.7 Å². The maximum absolute atomic E-state index is 12.1. The SMILES string of the molecule is CC(Oc1ccc(Cl)cc1Br)C(=O)Nc1ccccc1N. The molecule has 110 valence electrons. The van der Waals surface area contributed by atoms with Gasteiger partial charge in [0.15, 0.2) is 6.10 Å². The molecular formula is C15H14BrClN2O2. The van der Waals surface area contributed by atoms with Gasteiger partial charge in [-0.15, -0.1) is 0 Å². The van der Waals surface area contributed by atoms with Gasteiger partial charge in [0.05, 0.1) is 15.8 Å². The van der Waals surface area contributed by atoms with E-state index in [2.05, 4.69) is 21.2 Å². The van der Waals surface area contributed by atoms with Crippen molar-refractivity contribution < 1.29 is 9.53 Å². The lowest BCUT2D eigenvalue weighted by atomic mass is 10.2. The number of carbonyl (C=O) groups excluding carboxylic acids is 1. The predicted molar refractivity (Wildman–Crippen MR) is 88.7 cm³/mol. The quantitative estimate of drug-likeness (QED) is 0.798. The summed E-state index contributed by atoms with van der Waals surface area (Å²) in [7, 11) is 0. The molecule has 6 heteroatoms. The normalized spacial score (nSPS) is 11.8. The van der Waals surface area contributed by atoms with E-state index in [1.807, 2.05) is 0 Å². The molecule has 2 aromatic rings. The minimum atomic E-state index is -0.679. The van der Waals surface area contributed by atoms with E-state index in [9.17, 15) is 4.79 Å². The number of nitrogen functional groups attached to an aromatic ring is 1. The molecule has 0 saturated heterocycles. The Kier molecular flexibility index (Phi) is 5.09. The van der Waals surface area contributed by atoms with Crippen LogP contribution < -0.4 is 15.8 Å². The van der Waals surface area contributed by atoms with E-state index in [1.165, 1.54) is 0 Å². The Bertz CT molecular complexity index is 664. The zero-order chi connectivity index (χ0) is 15.4. The summed E-state index contributed by atoms with van der Waals surface area (Å²) in [5.41, 5.74) is 6.85. The molecule has 21 heavy (non-hydrogen) atoms. The van der Waals surface area contributed by atoms with E-state index in [1.54, 1.807) is 49.4 Å². The van der Waals surface area contributed by atoms with E-state index in [0.29, 0.717) is 26.6 Å². The Morgan fingerprint density at radius 1 is 1.33 bits per heavy atom. The first-order valence-corrected chi connectivity index (χ1v) is 7.41. The number of nitrogens with two attached hydrogens (primary N) is 1. The summed E-state index contributed by atoms with van der Waals surface area (Å²) in [6.45, 7) is 1.66. The molecule has 0 aromatic heterocycles. The van der Waals surface area contributed by atoms with Crippen LogP contribution in [0, 0.1) is 0 Å². The fraction of sp³-hybridized carbons (Fsp3) is 0.133. The molecule has 0 heterocycles. The zero-order valence-corrected chi connectivity index (χ0v) is 13.6. The third-order valence-electron chi connectivity index (χ3n) is 2.79. The van der Waals surface area contributed by atoms with Crippen LogP contribution in [0.25, 0.3) is 0 Å². The molecule has 1 unspecified atom stereocenters. The number of ether oxygens (including phenoxy) is 1. The lowest BCUT2D eigenvalue weighted by molar-refractivity contribution is -0.122. The molecular weight excluding hydrogens is 356 g/mol. The van der Waals surface area contributed by atoms with Gasteiger partial charge < -0.3 is 15.8 Å². The van der Waals surface area contributed by atoms with Crippen LogP contribution in [0.3, 0.4) is 0 Å². The van der Waals surface area contributed by atoms with Crippen LogP contribution in [-0.4, -0.2) is 12.0 Å². The first-order valence-electron chi connectivity index (χ1n) is 6.24. The van der Waals surface area contributed by atoms with Crippen LogP contribution in [0.15, 0.2) is 46.9 Å². The summed E-state index contributed by atoms with van der Waals surface area (Å²) in [6.07, 6.45) is -0.679. The maximum atomic E-state index is 12.1. The summed E-state index contributed by atoms with van der Waals surface area (Å²) < 4.78 is 6.30. The van der Waals surface area contributed by atoms with Gasteiger partial charge in [-0.2, -0.15) is 0 Å². The van der Waals surface area contributed by atoms with E-state index in [-0.39, 0.29) is 5.91 Å². The molecule has 0 aliphatic heterocycles. The monoisotopic (exact) mass is 368 g/mol. The highest BCUT2D eigenvalue weighted by atomic mass is 79.9. The molecule has 0 aliphatic rings. The van der Waals surface area contributed by atoms with Crippen molar-refractivity contribution in [2.45, 2.75) is 13.0 Å². The fourth-order valence-electron chi connectivity index (χ4n) is 1.66. The third-order valence-corrected chi connectivity index (χ3v) is 3.64. The second-order valence-corrected chi connectivity index (χ2v) is 5.70. The second kappa shape index (κ2) is 6.83. The Morgan fingerprint density at radius 3 is 2.71 bits per heavy atom. The number of nitrogens with one attached hydrogen (secondary N) is 1. The van der Waals surface area contributed by atoms with Gasteiger partial charge >= 0.3 is 0 Å². The number of hydrogen-bond acceptors (Lipinski definition) is 3. The van der Waals surface area contributed by atoms with Crippen molar-refractivity contribution in [2.75, 3.05) is 11.1 Å². The van der Waals surface area contributed by atoms with Crippen molar-refractivity contribution in [2.24, 2.45) is 0 Å². The molecule has 1 atom stereocenters. The molecule has 0 bridgehead atoms. The lowest BCUT2D eigenvalue weighted by Gasteiger charge is -2.16. The Morgan fingerprint density at radius 2 is 2.05 bits per heavy atom.